The van der Waals surface area contributed by atoms with Crippen molar-refractivity contribution in [3.05, 3.63) is 48.0 Å². The number of hydrogen-bond donors (Lipinski definition) is 8. The minimum atomic E-state index is -0.750. The number of rotatable bonds is 36. The summed E-state index contributed by atoms with van der Waals surface area (Å²) in [7, 11) is 1.00. The second-order valence-corrected chi connectivity index (χ2v) is 14.2. The summed E-state index contributed by atoms with van der Waals surface area (Å²) in [6.07, 6.45) is 16.1. The molecule has 0 aliphatic carbocycles. The number of aryl methyl sites for hydroxylation is 1. The summed E-state index contributed by atoms with van der Waals surface area (Å²) < 4.78 is 27.1. The predicted octanol–water partition coefficient (Wildman–Crippen LogP) is 3.14. The van der Waals surface area contributed by atoms with Crippen LogP contribution in [0.25, 0.3) is 0 Å². The number of aldehydes is 1. The number of unbranched alkanes of at least 4 members (excludes halogenated alkanes) is 8. The highest BCUT2D eigenvalue weighted by atomic mass is 16.5. The van der Waals surface area contributed by atoms with E-state index in [1.54, 1.807) is 24.7 Å². The van der Waals surface area contributed by atoms with Crippen molar-refractivity contribution in [1.82, 2.24) is 31.2 Å². The number of carbonyl (C=O) groups excluding carboxylic acids is 5. The van der Waals surface area contributed by atoms with Gasteiger partial charge in [-0.3, -0.25) is 24.0 Å². The number of aromatic nitrogens is 2. The van der Waals surface area contributed by atoms with Crippen LogP contribution < -0.4 is 26.0 Å². The molecule has 368 valence electrons. The molecule has 0 saturated heterocycles. The van der Waals surface area contributed by atoms with Gasteiger partial charge in [-0.15, -0.1) is 0 Å². The first-order valence-electron chi connectivity index (χ1n) is 22.3. The lowest BCUT2D eigenvalue weighted by molar-refractivity contribution is -0.127. The summed E-state index contributed by atoms with van der Waals surface area (Å²) in [6.45, 7) is 9.00. The minimum absolute atomic E-state index is 0.00944. The van der Waals surface area contributed by atoms with E-state index < -0.39 is 6.79 Å². The second kappa shape index (κ2) is 48.0. The van der Waals surface area contributed by atoms with Crippen molar-refractivity contribution < 1.29 is 63.0 Å². The molecule has 0 unspecified atom stereocenters. The summed E-state index contributed by atoms with van der Waals surface area (Å²) in [6, 6.07) is 7.04. The van der Waals surface area contributed by atoms with Crippen LogP contribution in [0.3, 0.4) is 0 Å². The molecule has 0 aliphatic rings. The van der Waals surface area contributed by atoms with Crippen molar-refractivity contribution in [2.75, 3.05) is 93.0 Å². The average molecular weight is 913 g/mol. The molecule has 0 saturated carbocycles. The van der Waals surface area contributed by atoms with E-state index in [0.717, 1.165) is 89.0 Å². The molecule has 0 bridgehead atoms. The minimum Gasteiger partial charge on any atom is -0.494 e. The Morgan fingerprint density at radius 2 is 1.20 bits per heavy atom. The van der Waals surface area contributed by atoms with Crippen molar-refractivity contribution in [1.29, 1.82) is 0 Å². The lowest BCUT2D eigenvalue weighted by atomic mass is 10.1. The summed E-state index contributed by atoms with van der Waals surface area (Å²) >= 11 is 0. The molecular weight excluding hydrogens is 833 g/mol. The number of nitrogens with one attached hydrogen (secondary N) is 5. The number of hydrogen-bond acceptors (Lipinski definition) is 14. The van der Waals surface area contributed by atoms with E-state index in [4.69, 9.17) is 39.0 Å². The number of aliphatic hydroxyl groups is 3. The van der Waals surface area contributed by atoms with Gasteiger partial charge < -0.3 is 65.3 Å². The molecule has 8 N–H and O–H groups in total. The largest absolute Gasteiger partial charge is 0.494 e. The predicted molar refractivity (Wildman–Crippen MR) is 244 cm³/mol. The molecule has 1 aromatic heterocycles. The number of nitrogens with zero attached hydrogens (tertiary/aromatic N) is 1. The third-order valence-electron chi connectivity index (χ3n) is 8.63. The van der Waals surface area contributed by atoms with Crippen molar-refractivity contribution >= 4 is 29.9 Å². The second-order valence-electron chi connectivity index (χ2n) is 14.2. The summed E-state index contributed by atoms with van der Waals surface area (Å²) in [5.41, 5.74) is 1.75. The van der Waals surface area contributed by atoms with Crippen LogP contribution >= 0.6 is 0 Å². The van der Waals surface area contributed by atoms with Gasteiger partial charge in [-0.25, -0.2) is 4.98 Å². The van der Waals surface area contributed by atoms with Crippen LogP contribution in [0.2, 0.25) is 0 Å². The first-order chi connectivity index (χ1) is 31.1. The molecule has 0 radical (unpaired) electrons. The Labute approximate surface area is 380 Å². The van der Waals surface area contributed by atoms with Crippen LogP contribution in [-0.2, 0) is 38.1 Å². The zero-order valence-electron chi connectivity index (χ0n) is 38.9. The van der Waals surface area contributed by atoms with E-state index in [9.17, 15) is 24.0 Å². The Hall–Kier alpha value is -4.50. The highest BCUT2D eigenvalue weighted by Gasteiger charge is 2.10. The molecule has 2 aromatic rings. The Bertz CT molecular complexity index is 1370. The van der Waals surface area contributed by atoms with Gasteiger partial charge in [0.1, 0.15) is 32.0 Å². The van der Waals surface area contributed by atoms with Crippen molar-refractivity contribution in [3.63, 3.8) is 0 Å². The number of aliphatic hydroxyl groups excluding tert-OH is 2. The maximum absolute atomic E-state index is 12.3. The molecule has 19 heteroatoms. The third kappa shape index (κ3) is 44.1. The SMILES string of the molecule is CCCCCNC(=O)COCCOCCNC(=O)COCCOCCNC(=O)CC[C@@H](C)NC(=O)CCCCCCCCCOc1ccc(C=O)cc1.CO.Cc1cnc[nH]1.OCO. The highest BCUT2D eigenvalue weighted by molar-refractivity contribution is 5.78. The van der Waals surface area contributed by atoms with Crippen molar-refractivity contribution in [3.8, 4) is 5.75 Å². The maximum Gasteiger partial charge on any atom is 0.246 e. The first-order valence-corrected chi connectivity index (χ1v) is 22.3. The van der Waals surface area contributed by atoms with Gasteiger partial charge in [-0.05, 0) is 63.8 Å². The van der Waals surface area contributed by atoms with E-state index >= 15 is 0 Å². The molecule has 0 spiro atoms. The fraction of sp³-hybridized carbons (Fsp3) is 0.689. The Morgan fingerprint density at radius 3 is 1.72 bits per heavy atom. The van der Waals surface area contributed by atoms with Gasteiger partial charge in [0.05, 0.1) is 52.6 Å². The fourth-order valence-electron chi connectivity index (χ4n) is 5.28. The van der Waals surface area contributed by atoms with E-state index in [-0.39, 0.29) is 49.5 Å². The van der Waals surface area contributed by atoms with Gasteiger partial charge in [0.2, 0.25) is 23.6 Å². The Kier molecular flexibility index (Phi) is 46.2. The number of imidazole rings is 1. The van der Waals surface area contributed by atoms with E-state index in [2.05, 4.69) is 38.2 Å². The zero-order chi connectivity index (χ0) is 47.7. The van der Waals surface area contributed by atoms with E-state index in [1.165, 1.54) is 0 Å². The quantitative estimate of drug-likeness (QED) is 0.0278. The number of aromatic amines is 1. The van der Waals surface area contributed by atoms with Gasteiger partial charge in [-0.2, -0.15) is 0 Å². The van der Waals surface area contributed by atoms with Crippen LogP contribution in [0.4, 0.5) is 0 Å². The Morgan fingerprint density at radius 1 is 0.672 bits per heavy atom. The molecule has 1 aromatic carbocycles. The summed E-state index contributed by atoms with van der Waals surface area (Å²) in [4.78, 5) is 65.2. The van der Waals surface area contributed by atoms with Gasteiger partial charge in [0.15, 0.2) is 0 Å². The van der Waals surface area contributed by atoms with Gasteiger partial charge in [-0.1, -0.05) is 51.9 Å². The molecule has 4 amide bonds. The van der Waals surface area contributed by atoms with Gasteiger partial charge in [0, 0.05) is 63.1 Å². The fourth-order valence-corrected chi connectivity index (χ4v) is 5.28. The first kappa shape index (κ1) is 61.6. The van der Waals surface area contributed by atoms with E-state index in [1.807, 2.05) is 26.0 Å². The number of ether oxygens (including phenoxy) is 5. The molecule has 19 nitrogen and oxygen atoms in total. The van der Waals surface area contributed by atoms with Gasteiger partial charge in [0.25, 0.3) is 0 Å². The zero-order valence-corrected chi connectivity index (χ0v) is 38.9. The Balaban J connectivity index is 0. The topological polar surface area (TPSA) is 269 Å². The third-order valence-corrected chi connectivity index (χ3v) is 8.63. The average Bonchev–Trinajstić information content (AvgIpc) is 3.78. The van der Waals surface area contributed by atoms with Crippen LogP contribution in [0.5, 0.6) is 5.75 Å². The summed E-state index contributed by atoms with van der Waals surface area (Å²) in [5.74, 6) is 0.314. The standard InChI is InChI=1S/C39H66N4O10.C4H6N2.CH4O2.CH4O/c1-3-4-11-20-40-38(47)31-51-28-27-50-25-22-42-39(48)32-52-29-26-49-24-21-41-36(45)19-14-33(2)43-37(46)13-10-8-6-5-7-9-12-23-53-35-17-15-34(30-44)16-18-35;1-4-2-5-3-6-4;2-1-3;1-2/h15-18,30,33H,3-14,19-29,31-32H2,1-2H3,(H,40,47)(H,41,45)(H,42,48)(H,43,46);2-3H,1H3,(H,5,6);2-3H,1H2;2H,1H3/t33-;;;/m1.../s1. The molecule has 0 aliphatic heterocycles. The molecular formula is C45H80N6O13. The smallest absolute Gasteiger partial charge is 0.246 e. The maximum atomic E-state index is 12.3. The molecule has 64 heavy (non-hydrogen) atoms. The molecule has 2 rings (SSSR count). The lowest BCUT2D eigenvalue weighted by Crippen LogP contribution is -2.34. The van der Waals surface area contributed by atoms with Crippen LogP contribution in [0.15, 0.2) is 36.8 Å². The molecule has 0 fully saturated rings. The normalized spacial score (nSPS) is 10.7. The molecule has 1 heterocycles. The van der Waals surface area contributed by atoms with Crippen molar-refractivity contribution in [2.24, 2.45) is 0 Å². The van der Waals surface area contributed by atoms with E-state index in [0.29, 0.717) is 84.1 Å². The van der Waals surface area contributed by atoms with Crippen LogP contribution in [-0.4, -0.2) is 154 Å². The number of H-pyrrole nitrogens is 1. The summed E-state index contributed by atoms with van der Waals surface area (Å²) in [5, 5.41) is 32.5. The number of carbonyl (C=O) groups is 5. The lowest BCUT2D eigenvalue weighted by Gasteiger charge is -2.14. The molecule has 1 atom stereocenters. The number of benzene rings is 1. The highest BCUT2D eigenvalue weighted by Crippen LogP contribution is 2.13. The van der Waals surface area contributed by atoms with Gasteiger partial charge >= 0.3 is 0 Å². The van der Waals surface area contributed by atoms with Crippen LogP contribution in [0.1, 0.15) is 113 Å². The number of amides is 4. The monoisotopic (exact) mass is 913 g/mol. The van der Waals surface area contributed by atoms with Crippen LogP contribution in [0, 0.1) is 6.92 Å². The van der Waals surface area contributed by atoms with Crippen molar-refractivity contribution in [2.45, 2.75) is 110 Å².